The van der Waals surface area contributed by atoms with Crippen LogP contribution in [0.4, 0.5) is 11.4 Å². The normalized spacial score (nSPS) is 12.5. The van der Waals surface area contributed by atoms with Crippen LogP contribution in [0.15, 0.2) is 18.2 Å². The molecule has 1 N–H and O–H groups in total. The van der Waals surface area contributed by atoms with Gasteiger partial charge < -0.3 is 5.32 Å². The van der Waals surface area contributed by atoms with Crippen molar-refractivity contribution in [3.8, 4) is 0 Å². The van der Waals surface area contributed by atoms with Gasteiger partial charge in [-0.25, -0.2) is 0 Å². The van der Waals surface area contributed by atoms with Crippen LogP contribution in [0.3, 0.4) is 0 Å². The Morgan fingerprint density at radius 2 is 1.94 bits per heavy atom. The highest BCUT2D eigenvalue weighted by molar-refractivity contribution is 5.63. The fourth-order valence-electron chi connectivity index (χ4n) is 2.28. The number of rotatable bonds is 6. The SMILES string of the molecule is CCC(CC)C(C)Nc1cc(C)ccc1[N+](=O)[O-]. The number of benzene rings is 1. The summed E-state index contributed by atoms with van der Waals surface area (Å²) in [4.78, 5) is 10.7. The standard InChI is InChI=1S/C14H22N2O2/c1-5-12(6-2)11(4)15-13-9-10(3)7-8-14(13)16(17)18/h7-9,11-12,15H,5-6H2,1-4H3. The highest BCUT2D eigenvalue weighted by Gasteiger charge is 2.18. The molecule has 1 rings (SSSR count). The molecule has 0 aliphatic carbocycles. The zero-order chi connectivity index (χ0) is 13.7. The molecule has 0 aliphatic rings. The Labute approximate surface area is 109 Å². The Hall–Kier alpha value is -1.58. The Kier molecular flexibility index (Phi) is 5.13. The first kappa shape index (κ1) is 14.5. The van der Waals surface area contributed by atoms with Crippen molar-refractivity contribution in [2.45, 2.75) is 46.6 Å². The Morgan fingerprint density at radius 3 is 2.44 bits per heavy atom. The predicted octanol–water partition coefficient (Wildman–Crippen LogP) is 4.14. The van der Waals surface area contributed by atoms with Gasteiger partial charge in [-0.3, -0.25) is 10.1 Å². The molecule has 0 heterocycles. The van der Waals surface area contributed by atoms with Crippen molar-refractivity contribution in [2.75, 3.05) is 5.32 Å². The molecule has 0 aromatic heterocycles. The second-order valence-corrected chi connectivity index (χ2v) is 4.79. The van der Waals surface area contributed by atoms with Crippen LogP contribution in [0, 0.1) is 23.0 Å². The van der Waals surface area contributed by atoms with E-state index in [2.05, 4.69) is 26.1 Å². The van der Waals surface area contributed by atoms with Crippen LogP contribution >= 0.6 is 0 Å². The molecule has 1 aromatic carbocycles. The number of nitrogens with one attached hydrogen (secondary N) is 1. The fraction of sp³-hybridized carbons (Fsp3) is 0.571. The lowest BCUT2D eigenvalue weighted by molar-refractivity contribution is -0.384. The molecule has 0 saturated carbocycles. The molecule has 18 heavy (non-hydrogen) atoms. The van der Waals surface area contributed by atoms with Gasteiger partial charge in [0, 0.05) is 12.1 Å². The first-order chi connectivity index (χ1) is 8.49. The van der Waals surface area contributed by atoms with Gasteiger partial charge in [0.15, 0.2) is 0 Å². The summed E-state index contributed by atoms with van der Waals surface area (Å²) in [5.74, 6) is 0.533. The number of aryl methyl sites for hydroxylation is 1. The maximum absolute atomic E-state index is 11.0. The summed E-state index contributed by atoms with van der Waals surface area (Å²) in [5, 5.41) is 14.3. The molecule has 1 aromatic rings. The molecule has 1 unspecified atom stereocenters. The molecular weight excluding hydrogens is 228 g/mol. The highest BCUT2D eigenvalue weighted by atomic mass is 16.6. The largest absolute Gasteiger partial charge is 0.377 e. The third-order valence-corrected chi connectivity index (χ3v) is 3.49. The van der Waals surface area contributed by atoms with Crippen LogP contribution < -0.4 is 5.32 Å². The van der Waals surface area contributed by atoms with E-state index in [0.717, 1.165) is 18.4 Å². The maximum atomic E-state index is 11.0. The number of hydrogen-bond acceptors (Lipinski definition) is 3. The maximum Gasteiger partial charge on any atom is 0.292 e. The van der Waals surface area contributed by atoms with Crippen LogP contribution in [0.25, 0.3) is 0 Å². The summed E-state index contributed by atoms with van der Waals surface area (Å²) in [7, 11) is 0. The molecule has 0 aliphatic heterocycles. The number of hydrogen-bond donors (Lipinski definition) is 1. The van der Waals surface area contributed by atoms with Crippen molar-refractivity contribution in [3.05, 3.63) is 33.9 Å². The summed E-state index contributed by atoms with van der Waals surface area (Å²) in [6.45, 7) is 8.33. The minimum Gasteiger partial charge on any atom is -0.377 e. The molecular formula is C14H22N2O2. The fourth-order valence-corrected chi connectivity index (χ4v) is 2.28. The molecule has 4 nitrogen and oxygen atoms in total. The minimum absolute atomic E-state index is 0.151. The number of nitro benzene ring substituents is 1. The summed E-state index contributed by atoms with van der Waals surface area (Å²) < 4.78 is 0. The lowest BCUT2D eigenvalue weighted by Gasteiger charge is -2.23. The molecule has 0 radical (unpaired) electrons. The van der Waals surface area contributed by atoms with Crippen molar-refractivity contribution < 1.29 is 4.92 Å². The molecule has 100 valence electrons. The van der Waals surface area contributed by atoms with Crippen LogP contribution in [-0.2, 0) is 0 Å². The Balaban J connectivity index is 2.95. The summed E-state index contributed by atoms with van der Waals surface area (Å²) in [6, 6.07) is 5.42. The third-order valence-electron chi connectivity index (χ3n) is 3.49. The quantitative estimate of drug-likeness (QED) is 0.609. The van der Waals surface area contributed by atoms with Gasteiger partial charge in [0.2, 0.25) is 0 Å². The average molecular weight is 250 g/mol. The first-order valence-corrected chi connectivity index (χ1v) is 6.51. The van der Waals surface area contributed by atoms with Gasteiger partial charge in [-0.1, -0.05) is 32.8 Å². The average Bonchev–Trinajstić information content (AvgIpc) is 2.30. The van der Waals surface area contributed by atoms with E-state index in [1.54, 1.807) is 12.1 Å². The molecule has 0 spiro atoms. The van der Waals surface area contributed by atoms with Crippen LogP contribution in [-0.4, -0.2) is 11.0 Å². The van der Waals surface area contributed by atoms with Gasteiger partial charge >= 0.3 is 0 Å². The van der Waals surface area contributed by atoms with Crippen LogP contribution in [0.5, 0.6) is 0 Å². The van der Waals surface area contributed by atoms with Gasteiger partial charge in [-0.15, -0.1) is 0 Å². The molecule has 4 heteroatoms. The highest BCUT2D eigenvalue weighted by Crippen LogP contribution is 2.27. The molecule has 0 saturated heterocycles. The van der Waals surface area contributed by atoms with Crippen molar-refractivity contribution >= 4 is 11.4 Å². The van der Waals surface area contributed by atoms with Crippen molar-refractivity contribution in [1.29, 1.82) is 0 Å². The smallest absolute Gasteiger partial charge is 0.292 e. The molecule has 0 fully saturated rings. The van der Waals surface area contributed by atoms with E-state index in [1.807, 2.05) is 13.0 Å². The lowest BCUT2D eigenvalue weighted by Crippen LogP contribution is -2.25. The van der Waals surface area contributed by atoms with E-state index in [4.69, 9.17) is 0 Å². The monoisotopic (exact) mass is 250 g/mol. The topological polar surface area (TPSA) is 55.2 Å². The third kappa shape index (κ3) is 3.45. The summed E-state index contributed by atoms with van der Waals surface area (Å²) >= 11 is 0. The van der Waals surface area contributed by atoms with E-state index in [9.17, 15) is 10.1 Å². The summed E-state index contributed by atoms with van der Waals surface area (Å²) in [5.41, 5.74) is 1.80. The minimum atomic E-state index is -0.332. The second kappa shape index (κ2) is 6.38. The number of nitro groups is 1. The first-order valence-electron chi connectivity index (χ1n) is 6.51. The molecule has 0 amide bonds. The van der Waals surface area contributed by atoms with E-state index in [0.29, 0.717) is 11.6 Å². The predicted molar refractivity (Wildman–Crippen MR) is 75.0 cm³/mol. The zero-order valence-corrected chi connectivity index (χ0v) is 11.6. The van der Waals surface area contributed by atoms with Gasteiger partial charge in [0.25, 0.3) is 5.69 Å². The number of anilines is 1. The van der Waals surface area contributed by atoms with Gasteiger partial charge in [-0.05, 0) is 31.4 Å². The van der Waals surface area contributed by atoms with E-state index in [1.165, 1.54) is 0 Å². The van der Waals surface area contributed by atoms with E-state index >= 15 is 0 Å². The molecule has 0 bridgehead atoms. The summed E-state index contributed by atoms with van der Waals surface area (Å²) in [6.07, 6.45) is 2.15. The second-order valence-electron chi connectivity index (χ2n) is 4.79. The van der Waals surface area contributed by atoms with Gasteiger partial charge in [0.1, 0.15) is 5.69 Å². The van der Waals surface area contributed by atoms with Crippen molar-refractivity contribution in [1.82, 2.24) is 0 Å². The molecule has 1 atom stereocenters. The van der Waals surface area contributed by atoms with Crippen LogP contribution in [0.2, 0.25) is 0 Å². The Morgan fingerprint density at radius 1 is 1.33 bits per heavy atom. The van der Waals surface area contributed by atoms with Gasteiger partial charge in [-0.2, -0.15) is 0 Å². The van der Waals surface area contributed by atoms with E-state index in [-0.39, 0.29) is 16.7 Å². The van der Waals surface area contributed by atoms with Crippen molar-refractivity contribution in [3.63, 3.8) is 0 Å². The lowest BCUT2D eigenvalue weighted by atomic mass is 9.95. The Bertz CT molecular complexity index is 414. The van der Waals surface area contributed by atoms with Crippen LogP contribution in [0.1, 0.15) is 39.2 Å². The number of nitrogens with zero attached hydrogens (tertiary/aromatic N) is 1. The van der Waals surface area contributed by atoms with E-state index < -0.39 is 0 Å². The van der Waals surface area contributed by atoms with Crippen molar-refractivity contribution in [2.24, 2.45) is 5.92 Å². The zero-order valence-electron chi connectivity index (χ0n) is 11.6. The van der Waals surface area contributed by atoms with Gasteiger partial charge in [0.05, 0.1) is 4.92 Å².